The minimum atomic E-state index is 0.202. The molecule has 0 saturated heterocycles. The van der Waals surface area contributed by atoms with Crippen molar-refractivity contribution in [2.45, 2.75) is 6.61 Å². The first-order chi connectivity index (χ1) is 12.3. The summed E-state index contributed by atoms with van der Waals surface area (Å²) in [5.74, 6) is 2.10. The zero-order valence-electron chi connectivity index (χ0n) is 13.3. The molecule has 5 nitrogen and oxygen atoms in total. The summed E-state index contributed by atoms with van der Waals surface area (Å²) in [6.45, 7) is 0.527. The second-order valence-electron chi connectivity index (χ2n) is 5.37. The van der Waals surface area contributed by atoms with E-state index in [1.165, 1.54) is 11.3 Å². The average molecular weight is 349 g/mol. The average Bonchev–Trinajstić information content (AvgIpc) is 3.10. The van der Waals surface area contributed by atoms with E-state index in [4.69, 9.17) is 15.2 Å². The van der Waals surface area contributed by atoms with Crippen LogP contribution < -0.4 is 15.2 Å². The van der Waals surface area contributed by atoms with Gasteiger partial charge in [0, 0.05) is 0 Å². The molecule has 0 aliphatic heterocycles. The van der Waals surface area contributed by atoms with Gasteiger partial charge in [0.2, 0.25) is 11.8 Å². The first kappa shape index (κ1) is 15.4. The van der Waals surface area contributed by atoms with Crippen LogP contribution in [0.15, 0.2) is 66.0 Å². The second kappa shape index (κ2) is 6.78. The van der Waals surface area contributed by atoms with Crippen molar-refractivity contribution in [3.8, 4) is 17.4 Å². The molecule has 0 aliphatic rings. The molecular formula is C19H15N3O2S. The molecule has 0 aliphatic carbocycles. The Hall–Kier alpha value is -3.12. The van der Waals surface area contributed by atoms with Crippen LogP contribution in [-0.2, 0) is 6.61 Å². The van der Waals surface area contributed by atoms with E-state index in [1.807, 2.05) is 66.0 Å². The van der Waals surface area contributed by atoms with E-state index >= 15 is 0 Å². The largest absolute Gasteiger partial charge is 0.489 e. The molecule has 2 N–H and O–H groups in total. The zero-order valence-corrected chi connectivity index (χ0v) is 14.1. The van der Waals surface area contributed by atoms with Gasteiger partial charge in [-0.25, -0.2) is 4.98 Å². The summed E-state index contributed by atoms with van der Waals surface area (Å²) in [4.78, 5) is 9.19. The van der Waals surface area contributed by atoms with Crippen molar-refractivity contribution in [1.29, 1.82) is 0 Å². The Bertz CT molecular complexity index is 985. The molecule has 0 radical (unpaired) electrons. The van der Waals surface area contributed by atoms with Crippen LogP contribution in [0.3, 0.4) is 0 Å². The van der Waals surface area contributed by atoms with Gasteiger partial charge in [0.1, 0.15) is 22.9 Å². The fraction of sp³-hybridized carbons (Fsp3) is 0.0526. The Morgan fingerprint density at radius 1 is 0.880 bits per heavy atom. The van der Waals surface area contributed by atoms with Crippen molar-refractivity contribution < 1.29 is 9.47 Å². The molecule has 0 atom stereocenters. The summed E-state index contributed by atoms with van der Waals surface area (Å²) in [6, 6.07) is 19.4. The lowest BCUT2D eigenvalue weighted by atomic mass is 10.2. The van der Waals surface area contributed by atoms with Crippen molar-refractivity contribution in [3.05, 3.63) is 71.6 Å². The molecule has 25 heavy (non-hydrogen) atoms. The van der Waals surface area contributed by atoms with Crippen LogP contribution in [0.25, 0.3) is 10.2 Å². The normalized spacial score (nSPS) is 10.7. The Morgan fingerprint density at radius 2 is 1.64 bits per heavy atom. The number of nitrogens with two attached hydrogens (primary N) is 1. The number of fused-ring (bicyclic) bond motifs is 1. The highest BCUT2D eigenvalue weighted by Gasteiger charge is 2.09. The Kier molecular flexibility index (Phi) is 4.18. The minimum Gasteiger partial charge on any atom is -0.489 e. The quantitative estimate of drug-likeness (QED) is 0.568. The fourth-order valence-electron chi connectivity index (χ4n) is 2.38. The van der Waals surface area contributed by atoms with E-state index in [1.54, 1.807) is 0 Å². The van der Waals surface area contributed by atoms with Crippen molar-refractivity contribution >= 4 is 27.5 Å². The van der Waals surface area contributed by atoms with Gasteiger partial charge in [-0.1, -0.05) is 30.3 Å². The minimum absolute atomic E-state index is 0.202. The molecule has 0 saturated carbocycles. The number of aromatic nitrogens is 2. The Morgan fingerprint density at radius 3 is 2.44 bits per heavy atom. The molecule has 2 aromatic heterocycles. The van der Waals surface area contributed by atoms with E-state index in [0.717, 1.165) is 21.5 Å². The molecule has 124 valence electrons. The maximum Gasteiger partial charge on any atom is 0.232 e. The molecule has 0 unspecified atom stereocenters. The zero-order chi connectivity index (χ0) is 17.1. The third kappa shape index (κ3) is 3.54. The molecule has 4 rings (SSSR count). The van der Waals surface area contributed by atoms with E-state index < -0.39 is 0 Å². The van der Waals surface area contributed by atoms with Crippen LogP contribution >= 0.6 is 11.3 Å². The number of nitrogen functional groups attached to an aromatic ring is 1. The number of ether oxygens (including phenoxy) is 2. The van der Waals surface area contributed by atoms with Crippen LogP contribution in [0.5, 0.6) is 17.4 Å². The first-order valence-corrected chi connectivity index (χ1v) is 8.61. The highest BCUT2D eigenvalue weighted by atomic mass is 32.1. The van der Waals surface area contributed by atoms with Crippen molar-refractivity contribution in [3.63, 3.8) is 0 Å². The second-order valence-corrected chi connectivity index (χ2v) is 6.27. The molecule has 0 amide bonds. The predicted octanol–water partition coefficient (Wildman–Crippen LogP) is 4.64. The molecule has 2 heterocycles. The van der Waals surface area contributed by atoms with Crippen molar-refractivity contribution in [2.24, 2.45) is 0 Å². The summed E-state index contributed by atoms with van der Waals surface area (Å²) in [5.41, 5.74) is 6.87. The maximum atomic E-state index is 5.87. The first-order valence-electron chi connectivity index (χ1n) is 7.73. The van der Waals surface area contributed by atoms with Crippen LogP contribution in [-0.4, -0.2) is 9.97 Å². The van der Waals surface area contributed by atoms with Gasteiger partial charge < -0.3 is 15.2 Å². The van der Waals surface area contributed by atoms with Gasteiger partial charge in [0.05, 0.1) is 5.39 Å². The molecular weight excluding hydrogens is 334 g/mol. The lowest BCUT2D eigenvalue weighted by molar-refractivity contribution is 0.305. The van der Waals surface area contributed by atoms with Gasteiger partial charge in [-0.3, -0.25) is 0 Å². The summed E-state index contributed by atoms with van der Waals surface area (Å²) in [7, 11) is 0. The van der Waals surface area contributed by atoms with Crippen LogP contribution in [0.1, 0.15) is 5.56 Å². The number of rotatable bonds is 5. The van der Waals surface area contributed by atoms with Gasteiger partial charge in [-0.2, -0.15) is 4.98 Å². The summed E-state index contributed by atoms with van der Waals surface area (Å²) in [5, 5.41) is 2.79. The fourth-order valence-corrected chi connectivity index (χ4v) is 3.14. The molecule has 4 aromatic rings. The summed E-state index contributed by atoms with van der Waals surface area (Å²) in [6.07, 6.45) is 0. The van der Waals surface area contributed by atoms with Gasteiger partial charge >= 0.3 is 0 Å². The molecule has 0 bridgehead atoms. The number of hydrogen-bond donors (Lipinski definition) is 1. The van der Waals surface area contributed by atoms with E-state index in [2.05, 4.69) is 9.97 Å². The number of nitrogens with zero attached hydrogens (tertiary/aromatic N) is 2. The monoisotopic (exact) mass is 349 g/mol. The van der Waals surface area contributed by atoms with Gasteiger partial charge in [0.25, 0.3) is 0 Å². The Balaban J connectivity index is 1.47. The van der Waals surface area contributed by atoms with Gasteiger partial charge in [-0.15, -0.1) is 11.3 Å². The van der Waals surface area contributed by atoms with Gasteiger partial charge in [0.15, 0.2) is 0 Å². The lowest BCUT2D eigenvalue weighted by Crippen LogP contribution is -1.97. The summed E-state index contributed by atoms with van der Waals surface area (Å²) >= 11 is 1.50. The highest BCUT2D eigenvalue weighted by Crippen LogP contribution is 2.31. The lowest BCUT2D eigenvalue weighted by Gasteiger charge is -2.09. The van der Waals surface area contributed by atoms with Crippen molar-refractivity contribution in [1.82, 2.24) is 9.97 Å². The molecule has 6 heteroatoms. The standard InChI is InChI=1S/C19H15N3O2S/c20-19-21-17(16-10-11-25-18(16)22-19)24-15-8-6-14(7-9-15)23-12-13-4-2-1-3-5-13/h1-11H,12H2,(H2,20,21,22). The van der Waals surface area contributed by atoms with Crippen molar-refractivity contribution in [2.75, 3.05) is 5.73 Å². The number of hydrogen-bond acceptors (Lipinski definition) is 6. The van der Waals surface area contributed by atoms with Gasteiger partial charge in [-0.05, 0) is 41.3 Å². The third-order valence-corrected chi connectivity index (χ3v) is 4.40. The predicted molar refractivity (Wildman–Crippen MR) is 99.1 cm³/mol. The summed E-state index contributed by atoms with van der Waals surface area (Å²) < 4.78 is 11.6. The smallest absolute Gasteiger partial charge is 0.232 e. The number of anilines is 1. The Labute approximate surface area is 148 Å². The SMILES string of the molecule is Nc1nc(Oc2ccc(OCc3ccccc3)cc2)c2ccsc2n1. The highest BCUT2D eigenvalue weighted by molar-refractivity contribution is 7.16. The van der Waals surface area contributed by atoms with E-state index in [-0.39, 0.29) is 5.95 Å². The van der Waals surface area contributed by atoms with E-state index in [0.29, 0.717) is 18.2 Å². The van der Waals surface area contributed by atoms with Crippen LogP contribution in [0.2, 0.25) is 0 Å². The number of benzene rings is 2. The van der Waals surface area contributed by atoms with Crippen LogP contribution in [0.4, 0.5) is 5.95 Å². The topological polar surface area (TPSA) is 70.3 Å². The molecule has 2 aromatic carbocycles. The third-order valence-electron chi connectivity index (χ3n) is 3.59. The maximum absolute atomic E-state index is 5.87. The van der Waals surface area contributed by atoms with Crippen LogP contribution in [0, 0.1) is 0 Å². The number of thiophene rings is 1. The van der Waals surface area contributed by atoms with E-state index in [9.17, 15) is 0 Å². The molecule has 0 spiro atoms. The molecule has 0 fully saturated rings.